The molecule has 0 aliphatic heterocycles. The van der Waals surface area contributed by atoms with E-state index in [0.29, 0.717) is 5.56 Å². The number of rotatable bonds is 0. The van der Waals surface area contributed by atoms with Crippen molar-refractivity contribution in [1.29, 1.82) is 0 Å². The summed E-state index contributed by atoms with van der Waals surface area (Å²) in [5, 5.41) is 0. The molecule has 1 rings (SSSR count). The highest BCUT2D eigenvalue weighted by Gasteiger charge is 1.97. The number of halogens is 2. The molecule has 10 heavy (non-hydrogen) atoms. The van der Waals surface area contributed by atoms with Crippen molar-refractivity contribution in [2.24, 2.45) is 0 Å². The van der Waals surface area contributed by atoms with E-state index in [4.69, 9.17) is 6.42 Å². The van der Waals surface area contributed by atoms with Gasteiger partial charge in [0.2, 0.25) is 0 Å². The largest absolute Gasteiger partial charge is 0.206 e. The minimum atomic E-state index is -0.331. The van der Waals surface area contributed by atoms with E-state index in [2.05, 4.69) is 28.5 Å². The van der Waals surface area contributed by atoms with Crippen LogP contribution in [-0.4, -0.2) is 0 Å². The van der Waals surface area contributed by atoms with E-state index in [1.807, 2.05) is 0 Å². The summed E-state index contributed by atoms with van der Waals surface area (Å²) in [5.41, 5.74) is 0.326. The fraction of sp³-hybridized carbons (Fsp3) is 0. The second-order valence-corrected chi connectivity index (χ2v) is 3.01. The van der Waals surface area contributed by atoms with E-state index in [9.17, 15) is 4.39 Å². The van der Waals surface area contributed by atoms with E-state index < -0.39 is 0 Å². The summed E-state index contributed by atoms with van der Waals surface area (Å²) >= 11 is 2.08. The van der Waals surface area contributed by atoms with E-state index >= 15 is 0 Å². The Balaban J connectivity index is 3.25. The Morgan fingerprint density at radius 1 is 1.50 bits per heavy atom. The maximum Gasteiger partial charge on any atom is 0.138 e. The predicted molar refractivity (Wildman–Crippen MR) is 47.1 cm³/mol. The summed E-state index contributed by atoms with van der Waals surface area (Å²) in [4.78, 5) is 0. The van der Waals surface area contributed by atoms with Crippen molar-refractivity contribution < 1.29 is 4.39 Å². The molecular formula is C8H4FI. The smallest absolute Gasteiger partial charge is 0.138 e. The Morgan fingerprint density at radius 2 is 2.20 bits per heavy atom. The average Bonchev–Trinajstić information content (AvgIpc) is 1.94. The van der Waals surface area contributed by atoms with Crippen LogP contribution in [0.1, 0.15) is 5.56 Å². The molecule has 0 amide bonds. The van der Waals surface area contributed by atoms with Crippen molar-refractivity contribution >= 4 is 22.6 Å². The third-order valence-electron chi connectivity index (χ3n) is 1.08. The molecule has 0 N–H and O–H groups in total. The molecular weight excluding hydrogens is 242 g/mol. The highest BCUT2D eigenvalue weighted by Crippen LogP contribution is 2.10. The van der Waals surface area contributed by atoms with Gasteiger partial charge in [0, 0.05) is 3.57 Å². The third kappa shape index (κ3) is 1.48. The normalized spacial score (nSPS) is 8.90. The molecule has 1 aromatic rings. The Kier molecular flexibility index (Phi) is 2.28. The van der Waals surface area contributed by atoms with Gasteiger partial charge in [0.25, 0.3) is 0 Å². The summed E-state index contributed by atoms with van der Waals surface area (Å²) in [6.07, 6.45) is 5.03. The van der Waals surface area contributed by atoms with Crippen molar-refractivity contribution in [2.45, 2.75) is 0 Å². The Morgan fingerprint density at radius 3 is 2.70 bits per heavy atom. The number of terminal acetylenes is 1. The first-order chi connectivity index (χ1) is 4.74. The SMILES string of the molecule is C#Cc1cc(I)ccc1F. The molecule has 0 aliphatic rings. The summed E-state index contributed by atoms with van der Waals surface area (Å²) in [6.45, 7) is 0. The lowest BCUT2D eigenvalue weighted by atomic mass is 10.2. The van der Waals surface area contributed by atoms with Crippen LogP contribution in [-0.2, 0) is 0 Å². The van der Waals surface area contributed by atoms with Crippen molar-refractivity contribution in [1.82, 2.24) is 0 Å². The van der Waals surface area contributed by atoms with Gasteiger partial charge in [0.15, 0.2) is 0 Å². The topological polar surface area (TPSA) is 0 Å². The molecule has 0 nitrogen and oxygen atoms in total. The van der Waals surface area contributed by atoms with Crippen LogP contribution in [0.3, 0.4) is 0 Å². The first-order valence-corrected chi connectivity index (χ1v) is 3.73. The first kappa shape index (κ1) is 7.55. The van der Waals surface area contributed by atoms with E-state index in [1.165, 1.54) is 6.07 Å². The van der Waals surface area contributed by atoms with Gasteiger partial charge in [-0.3, -0.25) is 0 Å². The van der Waals surface area contributed by atoms with Crippen LogP contribution in [0.25, 0.3) is 0 Å². The minimum absolute atomic E-state index is 0.326. The van der Waals surface area contributed by atoms with Crippen LogP contribution in [0.4, 0.5) is 4.39 Å². The van der Waals surface area contributed by atoms with Gasteiger partial charge >= 0.3 is 0 Å². The monoisotopic (exact) mass is 246 g/mol. The standard InChI is InChI=1S/C8H4FI/c1-2-6-5-7(10)3-4-8(6)9/h1,3-5H. The molecule has 1 aromatic carbocycles. The van der Waals surface area contributed by atoms with Gasteiger partial charge in [-0.25, -0.2) is 4.39 Å². The Labute approximate surface area is 72.6 Å². The van der Waals surface area contributed by atoms with Gasteiger partial charge < -0.3 is 0 Å². The highest BCUT2D eigenvalue weighted by atomic mass is 127. The zero-order valence-corrected chi connectivity index (χ0v) is 7.22. The summed E-state index contributed by atoms with van der Waals surface area (Å²) in [6, 6.07) is 4.68. The minimum Gasteiger partial charge on any atom is -0.206 e. The van der Waals surface area contributed by atoms with Crippen LogP contribution in [0.15, 0.2) is 18.2 Å². The van der Waals surface area contributed by atoms with Gasteiger partial charge in [-0.1, -0.05) is 5.92 Å². The fourth-order valence-corrected chi connectivity index (χ4v) is 1.10. The first-order valence-electron chi connectivity index (χ1n) is 2.65. The van der Waals surface area contributed by atoms with Crippen LogP contribution in [0.5, 0.6) is 0 Å². The molecule has 50 valence electrons. The van der Waals surface area contributed by atoms with Crippen molar-refractivity contribution in [3.05, 3.63) is 33.1 Å². The van der Waals surface area contributed by atoms with E-state index in [1.54, 1.807) is 12.1 Å². The number of hydrogen-bond donors (Lipinski definition) is 0. The number of benzene rings is 1. The number of hydrogen-bond acceptors (Lipinski definition) is 0. The molecule has 0 fully saturated rings. The molecule has 0 bridgehead atoms. The van der Waals surface area contributed by atoms with Gasteiger partial charge in [-0.05, 0) is 40.8 Å². The fourth-order valence-electron chi connectivity index (χ4n) is 0.608. The van der Waals surface area contributed by atoms with Crippen molar-refractivity contribution in [3.8, 4) is 12.3 Å². The van der Waals surface area contributed by atoms with Crippen LogP contribution >= 0.6 is 22.6 Å². The predicted octanol–water partition coefficient (Wildman–Crippen LogP) is 2.41. The maximum atomic E-state index is 12.6. The zero-order valence-electron chi connectivity index (χ0n) is 5.07. The van der Waals surface area contributed by atoms with Gasteiger partial charge in [-0.15, -0.1) is 6.42 Å². The second-order valence-electron chi connectivity index (χ2n) is 1.77. The van der Waals surface area contributed by atoms with Crippen molar-refractivity contribution in [2.75, 3.05) is 0 Å². The molecule has 0 radical (unpaired) electrons. The van der Waals surface area contributed by atoms with Crippen LogP contribution in [0.2, 0.25) is 0 Å². The average molecular weight is 246 g/mol. The molecule has 0 unspecified atom stereocenters. The Hall–Kier alpha value is -0.560. The third-order valence-corrected chi connectivity index (χ3v) is 1.75. The van der Waals surface area contributed by atoms with Gasteiger partial charge in [0.1, 0.15) is 5.82 Å². The zero-order chi connectivity index (χ0) is 7.56. The summed E-state index contributed by atoms with van der Waals surface area (Å²) < 4.78 is 13.6. The molecule has 0 heterocycles. The van der Waals surface area contributed by atoms with E-state index in [0.717, 1.165) is 3.57 Å². The lowest BCUT2D eigenvalue weighted by Crippen LogP contribution is -1.82. The second kappa shape index (κ2) is 3.02. The molecule has 0 aromatic heterocycles. The molecule has 0 aliphatic carbocycles. The molecule has 0 atom stereocenters. The van der Waals surface area contributed by atoms with E-state index in [-0.39, 0.29) is 5.82 Å². The molecule has 2 heteroatoms. The lowest BCUT2D eigenvalue weighted by Gasteiger charge is -1.93. The van der Waals surface area contributed by atoms with Gasteiger partial charge in [-0.2, -0.15) is 0 Å². The quantitative estimate of drug-likeness (QED) is 0.487. The van der Waals surface area contributed by atoms with Crippen LogP contribution < -0.4 is 0 Å². The molecule has 0 saturated heterocycles. The molecule has 0 spiro atoms. The Bertz CT molecular complexity index is 286. The van der Waals surface area contributed by atoms with Gasteiger partial charge in [0.05, 0.1) is 5.56 Å². The highest BCUT2D eigenvalue weighted by molar-refractivity contribution is 14.1. The lowest BCUT2D eigenvalue weighted by molar-refractivity contribution is 0.624. The van der Waals surface area contributed by atoms with Crippen LogP contribution in [0, 0.1) is 21.7 Å². The summed E-state index contributed by atoms with van der Waals surface area (Å²) in [7, 11) is 0. The summed E-state index contributed by atoms with van der Waals surface area (Å²) in [5.74, 6) is 1.93. The van der Waals surface area contributed by atoms with Crippen molar-refractivity contribution in [3.63, 3.8) is 0 Å². The maximum absolute atomic E-state index is 12.6. The molecule has 0 saturated carbocycles.